The highest BCUT2D eigenvalue weighted by atomic mass is 16.6. The SMILES string of the molecule is CC.CC(C)(C)OC(=O)NCc1cccnc1. The number of amides is 1. The van der Waals surface area contributed by atoms with Gasteiger partial charge in [-0.05, 0) is 32.4 Å². The monoisotopic (exact) mass is 238 g/mol. The molecule has 0 aliphatic carbocycles. The Balaban J connectivity index is 0.00000121. The molecule has 0 unspecified atom stereocenters. The van der Waals surface area contributed by atoms with Crippen LogP contribution in [0.3, 0.4) is 0 Å². The zero-order chi connectivity index (χ0) is 13.3. The number of nitrogens with zero attached hydrogens (tertiary/aromatic N) is 1. The molecule has 0 aliphatic rings. The van der Waals surface area contributed by atoms with Crippen molar-refractivity contribution >= 4 is 6.09 Å². The first-order chi connectivity index (χ1) is 7.97. The van der Waals surface area contributed by atoms with Gasteiger partial charge in [-0.25, -0.2) is 4.79 Å². The fraction of sp³-hybridized carbons (Fsp3) is 0.538. The van der Waals surface area contributed by atoms with Gasteiger partial charge in [0.1, 0.15) is 5.60 Å². The first kappa shape index (κ1) is 15.4. The Hall–Kier alpha value is -1.58. The van der Waals surface area contributed by atoms with Crippen LogP contribution in [-0.4, -0.2) is 16.7 Å². The molecule has 0 saturated heterocycles. The molecule has 0 spiro atoms. The molecule has 1 aromatic rings. The lowest BCUT2D eigenvalue weighted by Gasteiger charge is -2.19. The maximum Gasteiger partial charge on any atom is 0.407 e. The summed E-state index contributed by atoms with van der Waals surface area (Å²) < 4.78 is 5.09. The summed E-state index contributed by atoms with van der Waals surface area (Å²) in [5, 5.41) is 2.65. The van der Waals surface area contributed by atoms with Crippen LogP contribution >= 0.6 is 0 Å². The van der Waals surface area contributed by atoms with Crippen molar-refractivity contribution in [2.24, 2.45) is 0 Å². The Morgan fingerprint density at radius 2 is 2.06 bits per heavy atom. The summed E-state index contributed by atoms with van der Waals surface area (Å²) in [4.78, 5) is 15.2. The number of hydrogen-bond donors (Lipinski definition) is 1. The quantitative estimate of drug-likeness (QED) is 0.861. The van der Waals surface area contributed by atoms with Crippen molar-refractivity contribution in [1.82, 2.24) is 10.3 Å². The maximum atomic E-state index is 11.3. The van der Waals surface area contributed by atoms with Gasteiger partial charge in [-0.15, -0.1) is 0 Å². The number of alkyl carbamates (subject to hydrolysis) is 1. The van der Waals surface area contributed by atoms with Crippen molar-refractivity contribution in [3.05, 3.63) is 30.1 Å². The summed E-state index contributed by atoms with van der Waals surface area (Å²) in [7, 11) is 0. The van der Waals surface area contributed by atoms with Crippen LogP contribution < -0.4 is 5.32 Å². The summed E-state index contributed by atoms with van der Waals surface area (Å²) >= 11 is 0. The molecule has 0 radical (unpaired) electrons. The molecule has 1 heterocycles. The number of pyridine rings is 1. The van der Waals surface area contributed by atoms with Crippen LogP contribution in [0, 0.1) is 0 Å². The van der Waals surface area contributed by atoms with E-state index in [0.29, 0.717) is 6.54 Å². The van der Waals surface area contributed by atoms with Crippen LogP contribution in [0.25, 0.3) is 0 Å². The minimum absolute atomic E-state index is 0.411. The van der Waals surface area contributed by atoms with E-state index in [1.807, 2.05) is 46.8 Å². The molecule has 17 heavy (non-hydrogen) atoms. The van der Waals surface area contributed by atoms with Crippen LogP contribution in [0.4, 0.5) is 4.79 Å². The van der Waals surface area contributed by atoms with Gasteiger partial charge in [0.05, 0.1) is 0 Å². The van der Waals surface area contributed by atoms with Crippen molar-refractivity contribution in [2.75, 3.05) is 0 Å². The first-order valence-corrected chi connectivity index (χ1v) is 5.83. The van der Waals surface area contributed by atoms with E-state index >= 15 is 0 Å². The largest absolute Gasteiger partial charge is 0.444 e. The van der Waals surface area contributed by atoms with Crippen LogP contribution in [0.1, 0.15) is 40.2 Å². The molecule has 4 nitrogen and oxygen atoms in total. The number of carbonyl (C=O) groups excluding carboxylic acids is 1. The van der Waals surface area contributed by atoms with E-state index < -0.39 is 11.7 Å². The van der Waals surface area contributed by atoms with E-state index in [1.165, 1.54) is 0 Å². The van der Waals surface area contributed by atoms with Crippen molar-refractivity contribution < 1.29 is 9.53 Å². The molecule has 0 aliphatic heterocycles. The Bertz CT molecular complexity index is 318. The molecule has 4 heteroatoms. The zero-order valence-electron chi connectivity index (χ0n) is 11.3. The molecule has 0 bridgehead atoms. The number of carbonyl (C=O) groups is 1. The topological polar surface area (TPSA) is 51.2 Å². The van der Waals surface area contributed by atoms with Crippen molar-refractivity contribution in [3.8, 4) is 0 Å². The van der Waals surface area contributed by atoms with E-state index in [4.69, 9.17) is 4.74 Å². The molecule has 0 atom stereocenters. The molecule has 1 aromatic heterocycles. The van der Waals surface area contributed by atoms with Gasteiger partial charge in [0, 0.05) is 18.9 Å². The van der Waals surface area contributed by atoms with Crippen LogP contribution in [-0.2, 0) is 11.3 Å². The Morgan fingerprint density at radius 3 is 2.53 bits per heavy atom. The summed E-state index contributed by atoms with van der Waals surface area (Å²) in [6.07, 6.45) is 2.99. The van der Waals surface area contributed by atoms with Gasteiger partial charge in [-0.3, -0.25) is 4.98 Å². The van der Waals surface area contributed by atoms with Gasteiger partial charge in [-0.1, -0.05) is 19.9 Å². The standard InChI is InChI=1S/C11H16N2O2.C2H6/c1-11(2,3)15-10(14)13-8-9-5-4-6-12-7-9;1-2/h4-7H,8H2,1-3H3,(H,13,14);1-2H3. The fourth-order valence-electron chi connectivity index (χ4n) is 0.991. The second-order valence-corrected chi connectivity index (χ2v) is 4.22. The highest BCUT2D eigenvalue weighted by Gasteiger charge is 2.15. The Labute approximate surface area is 103 Å². The summed E-state index contributed by atoms with van der Waals surface area (Å²) in [6, 6.07) is 3.72. The van der Waals surface area contributed by atoms with Crippen molar-refractivity contribution in [3.63, 3.8) is 0 Å². The number of rotatable bonds is 2. The average Bonchev–Trinajstić information content (AvgIpc) is 2.28. The predicted octanol–water partition coefficient (Wildman–Crippen LogP) is 3.13. The van der Waals surface area contributed by atoms with E-state index in [9.17, 15) is 4.79 Å². The molecule has 1 rings (SSSR count). The van der Waals surface area contributed by atoms with Gasteiger partial charge in [0.2, 0.25) is 0 Å². The van der Waals surface area contributed by atoms with Crippen LogP contribution in [0.15, 0.2) is 24.5 Å². The Kier molecular flexibility index (Phi) is 6.94. The average molecular weight is 238 g/mol. The van der Waals surface area contributed by atoms with E-state index in [-0.39, 0.29) is 0 Å². The molecule has 0 fully saturated rings. The minimum atomic E-state index is -0.459. The number of aromatic nitrogens is 1. The molecule has 96 valence electrons. The number of hydrogen-bond acceptors (Lipinski definition) is 3. The molecular formula is C13H22N2O2. The normalized spacial score (nSPS) is 9.94. The van der Waals surface area contributed by atoms with E-state index in [2.05, 4.69) is 10.3 Å². The lowest BCUT2D eigenvalue weighted by atomic mass is 10.2. The van der Waals surface area contributed by atoms with Gasteiger partial charge in [-0.2, -0.15) is 0 Å². The van der Waals surface area contributed by atoms with Gasteiger partial charge in [0.25, 0.3) is 0 Å². The van der Waals surface area contributed by atoms with E-state index in [1.54, 1.807) is 12.4 Å². The second-order valence-electron chi connectivity index (χ2n) is 4.22. The minimum Gasteiger partial charge on any atom is -0.444 e. The zero-order valence-corrected chi connectivity index (χ0v) is 11.3. The molecule has 0 saturated carbocycles. The van der Waals surface area contributed by atoms with E-state index in [0.717, 1.165) is 5.56 Å². The summed E-state index contributed by atoms with van der Waals surface area (Å²) in [6.45, 7) is 9.92. The molecule has 1 amide bonds. The highest BCUT2D eigenvalue weighted by molar-refractivity contribution is 5.67. The second kappa shape index (κ2) is 7.65. The van der Waals surface area contributed by atoms with Crippen LogP contribution in [0.5, 0.6) is 0 Å². The number of ether oxygens (including phenoxy) is 1. The Morgan fingerprint density at radius 1 is 1.41 bits per heavy atom. The van der Waals surface area contributed by atoms with Gasteiger partial charge < -0.3 is 10.1 Å². The summed E-state index contributed by atoms with van der Waals surface area (Å²) in [5.74, 6) is 0. The van der Waals surface area contributed by atoms with Crippen molar-refractivity contribution in [2.45, 2.75) is 46.8 Å². The smallest absolute Gasteiger partial charge is 0.407 e. The molecule has 1 N–H and O–H groups in total. The lowest BCUT2D eigenvalue weighted by Crippen LogP contribution is -2.32. The van der Waals surface area contributed by atoms with Crippen LogP contribution in [0.2, 0.25) is 0 Å². The molecular weight excluding hydrogens is 216 g/mol. The van der Waals surface area contributed by atoms with Gasteiger partial charge in [0.15, 0.2) is 0 Å². The van der Waals surface area contributed by atoms with Gasteiger partial charge >= 0.3 is 6.09 Å². The summed E-state index contributed by atoms with van der Waals surface area (Å²) in [5.41, 5.74) is 0.488. The maximum absolute atomic E-state index is 11.3. The fourth-order valence-corrected chi connectivity index (χ4v) is 0.991. The lowest BCUT2D eigenvalue weighted by molar-refractivity contribution is 0.0523. The molecule has 0 aromatic carbocycles. The third-order valence-corrected chi connectivity index (χ3v) is 1.56. The first-order valence-electron chi connectivity index (χ1n) is 5.83. The third-order valence-electron chi connectivity index (χ3n) is 1.56. The van der Waals surface area contributed by atoms with Crippen molar-refractivity contribution in [1.29, 1.82) is 0 Å². The number of nitrogens with one attached hydrogen (secondary N) is 1. The predicted molar refractivity (Wildman–Crippen MR) is 68.7 cm³/mol. The highest BCUT2D eigenvalue weighted by Crippen LogP contribution is 2.06. The third kappa shape index (κ3) is 8.25.